The van der Waals surface area contributed by atoms with Crippen LogP contribution in [0, 0.1) is 0 Å². The highest BCUT2D eigenvalue weighted by atomic mass is 15.0. The Balaban J connectivity index is 0.872. The van der Waals surface area contributed by atoms with Crippen molar-refractivity contribution >= 4 is 0 Å². The number of rotatable bonds is 7. The van der Waals surface area contributed by atoms with Crippen molar-refractivity contribution in [2.24, 2.45) is 0 Å². The molecule has 0 bridgehead atoms. The van der Waals surface area contributed by atoms with Gasteiger partial charge in [-0.3, -0.25) is 4.98 Å². The normalized spacial score (nSPS) is 12.6. The first-order valence-corrected chi connectivity index (χ1v) is 22.8. The minimum atomic E-state index is -0.381. The number of pyridine rings is 1. The van der Waals surface area contributed by atoms with Gasteiger partial charge < -0.3 is 0 Å². The summed E-state index contributed by atoms with van der Waals surface area (Å²) in [5.41, 5.74) is 22.1. The third-order valence-corrected chi connectivity index (χ3v) is 13.7. The van der Waals surface area contributed by atoms with E-state index in [1.54, 1.807) is 6.20 Å². The van der Waals surface area contributed by atoms with Crippen molar-refractivity contribution in [3.05, 3.63) is 265 Å². The molecule has 0 unspecified atom stereocenters. The van der Waals surface area contributed by atoms with E-state index >= 15 is 0 Å². The number of fused-ring (bicyclic) bond motifs is 10. The zero-order chi connectivity index (χ0) is 44.3. The number of hydrogen-bond acceptors (Lipinski definition) is 4. The van der Waals surface area contributed by atoms with E-state index in [1.165, 1.54) is 55.6 Å². The average Bonchev–Trinajstić information content (AvgIpc) is 3.89. The highest BCUT2D eigenvalue weighted by molar-refractivity contribution is 6.00. The lowest BCUT2D eigenvalue weighted by Crippen LogP contribution is -2.25. The van der Waals surface area contributed by atoms with Gasteiger partial charge in [0.05, 0.1) is 5.41 Å². The van der Waals surface area contributed by atoms with Crippen molar-refractivity contribution in [3.8, 4) is 101 Å². The van der Waals surface area contributed by atoms with Crippen molar-refractivity contribution in [1.82, 2.24) is 19.9 Å². The van der Waals surface area contributed by atoms with Gasteiger partial charge in [0.15, 0.2) is 17.5 Å². The van der Waals surface area contributed by atoms with Crippen molar-refractivity contribution in [2.45, 2.75) is 5.41 Å². The largest absolute Gasteiger partial charge is 0.264 e. The number of hydrogen-bond donors (Lipinski definition) is 0. The first-order valence-electron chi connectivity index (χ1n) is 22.8. The maximum absolute atomic E-state index is 5.09. The smallest absolute Gasteiger partial charge is 0.164 e. The van der Waals surface area contributed by atoms with Crippen molar-refractivity contribution < 1.29 is 0 Å². The predicted molar refractivity (Wildman–Crippen MR) is 272 cm³/mol. The van der Waals surface area contributed by atoms with Crippen LogP contribution in [0.4, 0.5) is 0 Å². The lowest BCUT2D eigenvalue weighted by Gasteiger charge is -2.30. The quantitative estimate of drug-likeness (QED) is 0.160. The highest BCUT2D eigenvalue weighted by Gasteiger charge is 2.51. The summed E-state index contributed by atoms with van der Waals surface area (Å²) in [5.74, 6) is 1.87. The van der Waals surface area contributed by atoms with Crippen LogP contribution in [0.25, 0.3) is 101 Å². The van der Waals surface area contributed by atoms with Gasteiger partial charge in [-0.25, -0.2) is 15.0 Å². The summed E-state index contributed by atoms with van der Waals surface area (Å²) >= 11 is 0. The second-order valence-electron chi connectivity index (χ2n) is 17.3. The molecule has 2 aromatic heterocycles. The summed E-state index contributed by atoms with van der Waals surface area (Å²) < 4.78 is 0. The monoisotopic (exact) mass is 852 g/mol. The lowest BCUT2D eigenvalue weighted by molar-refractivity contribution is 0.794. The average molecular weight is 853 g/mol. The van der Waals surface area contributed by atoms with Gasteiger partial charge >= 0.3 is 0 Å². The van der Waals surface area contributed by atoms with E-state index in [1.807, 2.05) is 42.6 Å². The molecular weight excluding hydrogens is 813 g/mol. The van der Waals surface area contributed by atoms with Gasteiger partial charge in [0.1, 0.15) is 0 Å². The topological polar surface area (TPSA) is 51.6 Å². The molecule has 1 spiro atoms. The number of aromatic nitrogens is 4. The van der Waals surface area contributed by atoms with Crippen LogP contribution in [0.1, 0.15) is 22.3 Å². The van der Waals surface area contributed by atoms with Gasteiger partial charge in [0.2, 0.25) is 0 Å². The van der Waals surface area contributed by atoms with Crippen LogP contribution in [-0.2, 0) is 5.41 Å². The highest BCUT2D eigenvalue weighted by Crippen LogP contribution is 2.64. The predicted octanol–water partition coefficient (Wildman–Crippen LogP) is 15.3. The summed E-state index contributed by atoms with van der Waals surface area (Å²) in [4.78, 5) is 19.4. The maximum atomic E-state index is 5.09. The molecule has 0 radical (unpaired) electrons. The molecule has 2 aliphatic rings. The molecule has 9 aromatic carbocycles. The first kappa shape index (κ1) is 38.6. The Morgan fingerprint density at radius 1 is 0.254 bits per heavy atom. The molecule has 0 N–H and O–H groups in total. The second-order valence-corrected chi connectivity index (χ2v) is 17.3. The molecule has 0 amide bonds. The van der Waals surface area contributed by atoms with Crippen LogP contribution < -0.4 is 0 Å². The van der Waals surface area contributed by atoms with Crippen molar-refractivity contribution in [2.75, 3.05) is 0 Å². The summed E-state index contributed by atoms with van der Waals surface area (Å²) in [7, 11) is 0. The van der Waals surface area contributed by atoms with Gasteiger partial charge in [-0.1, -0.05) is 206 Å². The van der Waals surface area contributed by atoms with E-state index in [0.29, 0.717) is 17.5 Å². The van der Waals surface area contributed by atoms with Crippen molar-refractivity contribution in [1.29, 1.82) is 0 Å². The number of benzene rings is 9. The molecule has 13 rings (SSSR count). The van der Waals surface area contributed by atoms with Crippen LogP contribution in [0.5, 0.6) is 0 Å². The Hall–Kier alpha value is -8.86. The molecular formula is C63H40N4. The first-order chi connectivity index (χ1) is 33.2. The van der Waals surface area contributed by atoms with E-state index in [-0.39, 0.29) is 5.41 Å². The Morgan fingerprint density at radius 3 is 1.27 bits per heavy atom. The molecule has 0 fully saturated rings. The molecule has 0 aliphatic heterocycles. The van der Waals surface area contributed by atoms with Gasteiger partial charge in [0.25, 0.3) is 0 Å². The van der Waals surface area contributed by atoms with Gasteiger partial charge in [-0.15, -0.1) is 0 Å². The standard InChI is InChI=1S/C63H40N4/c1-2-15-42(16-3-1)60-65-61(43-34-32-41(33-35-43)50-23-14-36-64-40-50)67-62(66-60)49-22-12-20-47(39-49)45-18-10-17-44(37-45)46-19-11-21-48(38-46)51-27-13-31-58-59(51)54-26-6-9-30-57(54)63(58)55-28-7-4-24-52(55)53-25-5-8-29-56(53)63/h1-40H. The summed E-state index contributed by atoms with van der Waals surface area (Å²) in [6.45, 7) is 0. The minimum absolute atomic E-state index is 0.381. The van der Waals surface area contributed by atoms with E-state index in [2.05, 4.69) is 199 Å². The molecule has 0 saturated heterocycles. The van der Waals surface area contributed by atoms with Gasteiger partial charge in [-0.2, -0.15) is 0 Å². The van der Waals surface area contributed by atoms with E-state index in [4.69, 9.17) is 15.0 Å². The zero-order valence-corrected chi connectivity index (χ0v) is 36.4. The molecule has 0 saturated carbocycles. The van der Waals surface area contributed by atoms with E-state index < -0.39 is 0 Å². The summed E-state index contributed by atoms with van der Waals surface area (Å²) in [6.07, 6.45) is 3.67. The summed E-state index contributed by atoms with van der Waals surface area (Å²) in [5, 5.41) is 0. The van der Waals surface area contributed by atoms with E-state index in [0.717, 1.165) is 50.1 Å². The molecule has 2 heterocycles. The third-order valence-electron chi connectivity index (χ3n) is 13.7. The Bertz CT molecular complexity index is 3640. The molecule has 0 atom stereocenters. The minimum Gasteiger partial charge on any atom is -0.264 e. The zero-order valence-electron chi connectivity index (χ0n) is 36.4. The molecule has 11 aromatic rings. The fraction of sp³-hybridized carbons (Fsp3) is 0.0159. The van der Waals surface area contributed by atoms with Crippen LogP contribution >= 0.6 is 0 Å². The van der Waals surface area contributed by atoms with Crippen molar-refractivity contribution in [3.63, 3.8) is 0 Å². The Morgan fingerprint density at radius 2 is 0.657 bits per heavy atom. The Kier molecular flexibility index (Phi) is 9.04. The van der Waals surface area contributed by atoms with Gasteiger partial charge in [0, 0.05) is 29.1 Å². The van der Waals surface area contributed by atoms with Crippen LogP contribution in [0.2, 0.25) is 0 Å². The van der Waals surface area contributed by atoms with Gasteiger partial charge in [-0.05, 0) is 113 Å². The molecule has 2 aliphatic carbocycles. The second kappa shape index (κ2) is 15.7. The molecule has 4 nitrogen and oxygen atoms in total. The van der Waals surface area contributed by atoms with Crippen LogP contribution in [0.3, 0.4) is 0 Å². The molecule has 312 valence electrons. The van der Waals surface area contributed by atoms with Crippen LogP contribution in [-0.4, -0.2) is 19.9 Å². The Labute approximate surface area is 389 Å². The van der Waals surface area contributed by atoms with E-state index in [9.17, 15) is 0 Å². The van der Waals surface area contributed by atoms with Crippen LogP contribution in [0.15, 0.2) is 243 Å². The molecule has 67 heavy (non-hydrogen) atoms. The number of nitrogens with zero attached hydrogens (tertiary/aromatic N) is 4. The fourth-order valence-electron chi connectivity index (χ4n) is 10.7. The SMILES string of the molecule is c1ccc(-c2nc(-c3ccc(-c4cccnc4)cc3)nc(-c3cccc(-c4cccc(-c5cccc(-c6cccc7c6-c6ccccc6C76c7ccccc7-c7ccccc76)c5)c4)c3)n2)cc1. The fourth-order valence-corrected chi connectivity index (χ4v) is 10.7. The molecule has 4 heteroatoms. The summed E-state index contributed by atoms with van der Waals surface area (Å²) in [6, 6.07) is 82.8. The third kappa shape index (κ3) is 6.29. The maximum Gasteiger partial charge on any atom is 0.164 e. The lowest BCUT2D eigenvalue weighted by atomic mass is 9.70.